The number of rotatable bonds is 5. The Morgan fingerprint density at radius 3 is 2.59 bits per heavy atom. The fourth-order valence-electron chi connectivity index (χ4n) is 4.68. The molecule has 2 aliphatic rings. The van der Waals surface area contributed by atoms with E-state index in [1.165, 1.54) is 25.7 Å². The fourth-order valence-corrected chi connectivity index (χ4v) is 4.68. The number of methoxy groups -OCH3 is 1. The quantitative estimate of drug-likeness (QED) is 0.281. The topological polar surface area (TPSA) is 103 Å². The molecule has 4 aromatic rings. The van der Waals surface area contributed by atoms with Crippen molar-refractivity contribution >= 4 is 16.9 Å². The molecule has 0 amide bonds. The van der Waals surface area contributed by atoms with Gasteiger partial charge in [0.15, 0.2) is 0 Å². The summed E-state index contributed by atoms with van der Waals surface area (Å²) >= 11 is 0. The zero-order chi connectivity index (χ0) is 29.6. The van der Waals surface area contributed by atoms with E-state index in [4.69, 9.17) is 14.6 Å². The predicted octanol–water partition coefficient (Wildman–Crippen LogP) is 6.12. The first-order chi connectivity index (χ1) is 19.5. The van der Waals surface area contributed by atoms with Crippen molar-refractivity contribution < 1.29 is 33.6 Å². The largest absolute Gasteiger partial charge is 0.508 e. The van der Waals surface area contributed by atoms with Crippen molar-refractivity contribution in [3.63, 3.8) is 0 Å². The van der Waals surface area contributed by atoms with Crippen molar-refractivity contribution in [2.45, 2.75) is 65.0 Å². The Labute approximate surface area is 239 Å². The van der Waals surface area contributed by atoms with Gasteiger partial charge in [0.05, 0.1) is 31.0 Å². The number of fused-ring (bicyclic) bond motifs is 3. The van der Waals surface area contributed by atoms with Crippen LogP contribution in [0.2, 0.25) is 0 Å². The third kappa shape index (κ3) is 7.98. The van der Waals surface area contributed by atoms with E-state index in [0.29, 0.717) is 18.7 Å². The number of hydrogen-bond donors (Lipinski definition) is 2. The molecule has 3 aromatic carbocycles. The number of aromatic hydroxyl groups is 1. The lowest BCUT2D eigenvalue weighted by Crippen LogP contribution is -2.21. The van der Waals surface area contributed by atoms with Gasteiger partial charge in [-0.25, -0.2) is 4.39 Å². The Morgan fingerprint density at radius 2 is 1.85 bits per heavy atom. The number of aryl methyl sites for hydroxylation is 1. The molecular weight excluding hydrogens is 527 g/mol. The van der Waals surface area contributed by atoms with Gasteiger partial charge in [-0.1, -0.05) is 6.07 Å². The summed E-state index contributed by atoms with van der Waals surface area (Å²) in [5, 5.41) is 24.4. The average molecular weight is 565 g/mol. The lowest BCUT2D eigenvalue weighted by molar-refractivity contribution is -0.137. The average Bonchev–Trinajstić information content (AvgIpc) is 3.69. The molecule has 218 valence electrons. The SMILES string of the molecule is CC(C)(O)CCn1ncc2ccc(Oc3ccc(F)c4c3CCC4)cc21.COC(C)=O.Oc1ccc2c(c1)OCC2. The highest BCUT2D eigenvalue weighted by atomic mass is 19.1. The first-order valence-corrected chi connectivity index (χ1v) is 13.7. The Hall–Kier alpha value is -4.11. The van der Waals surface area contributed by atoms with Gasteiger partial charge in [-0.15, -0.1) is 0 Å². The van der Waals surface area contributed by atoms with Gasteiger partial charge < -0.3 is 24.4 Å². The van der Waals surface area contributed by atoms with Gasteiger partial charge in [-0.2, -0.15) is 5.10 Å². The monoisotopic (exact) mass is 564 g/mol. The summed E-state index contributed by atoms with van der Waals surface area (Å²) in [6, 6.07) is 14.3. The van der Waals surface area contributed by atoms with Gasteiger partial charge >= 0.3 is 5.97 Å². The van der Waals surface area contributed by atoms with Crippen LogP contribution in [0.4, 0.5) is 4.39 Å². The number of esters is 1. The molecule has 0 radical (unpaired) electrons. The number of aromatic nitrogens is 2. The Balaban J connectivity index is 0.000000211. The van der Waals surface area contributed by atoms with Gasteiger partial charge in [0.1, 0.15) is 28.8 Å². The second-order valence-electron chi connectivity index (χ2n) is 10.7. The number of hydrogen-bond acceptors (Lipinski definition) is 7. The lowest BCUT2D eigenvalue weighted by atomic mass is 10.1. The van der Waals surface area contributed by atoms with Crippen LogP contribution in [0, 0.1) is 5.82 Å². The number of phenolic OH excluding ortho intramolecular Hbond substituents is 1. The van der Waals surface area contributed by atoms with E-state index < -0.39 is 5.60 Å². The number of aliphatic hydroxyl groups is 1. The van der Waals surface area contributed by atoms with E-state index in [-0.39, 0.29) is 17.5 Å². The van der Waals surface area contributed by atoms with Gasteiger partial charge in [0.2, 0.25) is 0 Å². The first kappa shape index (κ1) is 29.9. The van der Waals surface area contributed by atoms with Crippen molar-refractivity contribution in [1.29, 1.82) is 0 Å². The van der Waals surface area contributed by atoms with Crippen LogP contribution >= 0.6 is 0 Å². The second-order valence-corrected chi connectivity index (χ2v) is 10.7. The minimum atomic E-state index is -0.735. The molecule has 1 aliphatic heterocycles. The van der Waals surface area contributed by atoms with Crippen LogP contribution in [-0.2, 0) is 35.3 Å². The van der Waals surface area contributed by atoms with E-state index in [2.05, 4.69) is 9.84 Å². The highest BCUT2D eigenvalue weighted by Crippen LogP contribution is 2.36. The van der Waals surface area contributed by atoms with Crippen molar-refractivity contribution in [1.82, 2.24) is 9.78 Å². The Morgan fingerprint density at radius 1 is 1.10 bits per heavy atom. The molecule has 0 fully saturated rings. The van der Waals surface area contributed by atoms with Crippen LogP contribution in [0.5, 0.6) is 23.0 Å². The maximum Gasteiger partial charge on any atom is 0.302 e. The highest BCUT2D eigenvalue weighted by Gasteiger charge is 2.20. The number of phenols is 1. The Bertz CT molecular complexity index is 1510. The van der Waals surface area contributed by atoms with E-state index in [9.17, 15) is 14.3 Å². The summed E-state index contributed by atoms with van der Waals surface area (Å²) in [4.78, 5) is 9.59. The van der Waals surface area contributed by atoms with Gasteiger partial charge in [0.25, 0.3) is 0 Å². The minimum absolute atomic E-state index is 0.134. The molecule has 0 spiro atoms. The van der Waals surface area contributed by atoms with Gasteiger partial charge in [0, 0.05) is 43.0 Å². The van der Waals surface area contributed by atoms with Gasteiger partial charge in [-0.3, -0.25) is 9.48 Å². The highest BCUT2D eigenvalue weighted by molar-refractivity contribution is 5.80. The standard InChI is InChI=1S/C21H23FN2O2.C8H8O2.C3H6O2/c1-21(2,25)10-11-24-19-12-15(7-6-14(19)13-23-24)26-20-9-8-18(22)16-4-3-5-17(16)20;9-7-2-1-6-3-4-10-8(6)5-7;1-3(4)5-2/h6-9,12-13,25H,3-5,10-11H2,1-2H3;1-2,5,9H,3-4H2;1-2H3. The van der Waals surface area contributed by atoms with E-state index >= 15 is 0 Å². The number of nitrogens with zero attached hydrogens (tertiary/aromatic N) is 2. The lowest BCUT2D eigenvalue weighted by Gasteiger charge is -2.17. The number of carbonyl (C=O) groups is 1. The smallest absolute Gasteiger partial charge is 0.302 e. The molecule has 0 saturated heterocycles. The molecular formula is C32H37FN2O6. The van der Waals surface area contributed by atoms with Gasteiger partial charge in [-0.05, 0) is 81.0 Å². The fraction of sp³-hybridized carbons (Fsp3) is 0.375. The number of carbonyl (C=O) groups excluding carboxylic acids is 1. The molecule has 9 heteroatoms. The molecule has 8 nitrogen and oxygen atoms in total. The van der Waals surface area contributed by atoms with Crippen molar-refractivity contribution in [3.8, 4) is 23.0 Å². The molecule has 41 heavy (non-hydrogen) atoms. The van der Waals surface area contributed by atoms with Crippen LogP contribution in [-0.4, -0.2) is 45.3 Å². The predicted molar refractivity (Wildman–Crippen MR) is 154 cm³/mol. The zero-order valence-electron chi connectivity index (χ0n) is 23.9. The summed E-state index contributed by atoms with van der Waals surface area (Å²) in [5.41, 5.74) is 3.20. The second kappa shape index (κ2) is 13.0. The normalized spacial score (nSPS) is 13.2. The number of benzene rings is 3. The van der Waals surface area contributed by atoms with Crippen LogP contribution in [0.1, 0.15) is 50.3 Å². The van der Waals surface area contributed by atoms with Crippen molar-refractivity contribution in [2.75, 3.05) is 13.7 Å². The van der Waals surface area contributed by atoms with E-state index in [1.807, 2.05) is 35.1 Å². The zero-order valence-corrected chi connectivity index (χ0v) is 23.9. The number of halogens is 1. The third-order valence-electron chi connectivity index (χ3n) is 6.93. The summed E-state index contributed by atoms with van der Waals surface area (Å²) in [7, 11) is 1.35. The maximum absolute atomic E-state index is 13.9. The summed E-state index contributed by atoms with van der Waals surface area (Å²) in [6.45, 7) is 6.33. The molecule has 1 aromatic heterocycles. The van der Waals surface area contributed by atoms with E-state index in [0.717, 1.165) is 65.8 Å². The molecule has 6 rings (SSSR count). The van der Waals surface area contributed by atoms with Crippen LogP contribution in [0.3, 0.4) is 0 Å². The molecule has 2 heterocycles. The molecule has 2 N–H and O–H groups in total. The van der Waals surface area contributed by atoms with E-state index in [1.54, 1.807) is 32.0 Å². The molecule has 0 atom stereocenters. The number of ether oxygens (including phenoxy) is 3. The maximum atomic E-state index is 13.9. The summed E-state index contributed by atoms with van der Waals surface area (Å²) in [5.74, 6) is 2.18. The van der Waals surface area contributed by atoms with Crippen LogP contribution in [0.25, 0.3) is 10.9 Å². The third-order valence-corrected chi connectivity index (χ3v) is 6.93. The first-order valence-electron chi connectivity index (χ1n) is 13.7. The minimum Gasteiger partial charge on any atom is -0.508 e. The van der Waals surface area contributed by atoms with Crippen molar-refractivity contribution in [3.05, 3.63) is 77.2 Å². The Kier molecular flexibility index (Phi) is 9.50. The molecule has 0 saturated carbocycles. The van der Waals surface area contributed by atoms with Crippen molar-refractivity contribution in [2.24, 2.45) is 0 Å². The molecule has 1 aliphatic carbocycles. The van der Waals surface area contributed by atoms with Crippen LogP contribution in [0.15, 0.2) is 54.7 Å². The molecule has 0 bridgehead atoms. The summed E-state index contributed by atoms with van der Waals surface area (Å²) in [6.07, 6.45) is 6.00. The van der Waals surface area contributed by atoms with Crippen LogP contribution < -0.4 is 9.47 Å². The molecule has 0 unspecified atom stereocenters. The summed E-state index contributed by atoms with van der Waals surface area (Å²) < 4.78 is 31.2.